The van der Waals surface area contributed by atoms with E-state index < -0.39 is 0 Å². The molecule has 1 fully saturated rings. The highest BCUT2D eigenvalue weighted by Crippen LogP contribution is 2.24. The van der Waals surface area contributed by atoms with Crippen molar-refractivity contribution < 1.29 is 0 Å². The maximum Gasteiger partial charge on any atom is 0.0328 e. The first-order valence-electron chi connectivity index (χ1n) is 4.26. The van der Waals surface area contributed by atoms with Gasteiger partial charge in [-0.1, -0.05) is 13.8 Å². The Balaban J connectivity index is 2.61. The molecular formula is C8H18N2. The zero-order valence-corrected chi connectivity index (χ0v) is 6.98. The second kappa shape index (κ2) is 2.89. The van der Waals surface area contributed by atoms with E-state index in [1.807, 2.05) is 0 Å². The Hall–Kier alpha value is -0.0800. The van der Waals surface area contributed by atoms with Crippen LogP contribution in [0.25, 0.3) is 0 Å². The summed E-state index contributed by atoms with van der Waals surface area (Å²) in [5.41, 5.74) is 6.24. The molecule has 1 atom stereocenters. The lowest BCUT2D eigenvalue weighted by atomic mass is 9.87. The number of hydrogen-bond acceptors (Lipinski definition) is 2. The molecule has 0 aromatic rings. The summed E-state index contributed by atoms with van der Waals surface area (Å²) in [7, 11) is 0. The Kier molecular flexibility index (Phi) is 2.32. The normalized spacial score (nSPS) is 30.9. The lowest BCUT2D eigenvalue weighted by Crippen LogP contribution is -2.50. The van der Waals surface area contributed by atoms with Gasteiger partial charge in [-0.25, -0.2) is 0 Å². The van der Waals surface area contributed by atoms with E-state index in [-0.39, 0.29) is 5.54 Å². The van der Waals surface area contributed by atoms with Gasteiger partial charge in [0.1, 0.15) is 0 Å². The number of nitrogens with two attached hydrogens (primary N) is 1. The van der Waals surface area contributed by atoms with E-state index >= 15 is 0 Å². The third-order valence-corrected chi connectivity index (χ3v) is 2.90. The summed E-state index contributed by atoms with van der Waals surface area (Å²) in [6, 6.07) is 0.377. The van der Waals surface area contributed by atoms with E-state index in [1.54, 1.807) is 0 Å². The average molecular weight is 142 g/mol. The summed E-state index contributed by atoms with van der Waals surface area (Å²) in [4.78, 5) is 0. The van der Waals surface area contributed by atoms with Gasteiger partial charge < -0.3 is 11.1 Å². The van der Waals surface area contributed by atoms with E-state index in [0.29, 0.717) is 6.04 Å². The Bertz CT molecular complexity index is 108. The smallest absolute Gasteiger partial charge is 0.0328 e. The van der Waals surface area contributed by atoms with E-state index in [9.17, 15) is 0 Å². The highest BCUT2D eigenvalue weighted by atomic mass is 15.1. The second-order valence-electron chi connectivity index (χ2n) is 3.19. The molecule has 0 radical (unpaired) electrons. The van der Waals surface area contributed by atoms with Gasteiger partial charge in [-0.05, 0) is 25.8 Å². The SMILES string of the molecule is CCC1(CC)NCCC1N. The summed E-state index contributed by atoms with van der Waals surface area (Å²) in [6.07, 6.45) is 3.46. The summed E-state index contributed by atoms with van der Waals surface area (Å²) >= 11 is 0. The standard InChI is InChI=1S/C8H18N2/c1-3-8(4-2)7(9)5-6-10-8/h7,10H,3-6,9H2,1-2H3. The molecule has 3 N–H and O–H groups in total. The highest BCUT2D eigenvalue weighted by Gasteiger charge is 2.36. The molecule has 0 aromatic heterocycles. The molecule has 0 aromatic carbocycles. The molecule has 2 nitrogen and oxygen atoms in total. The Morgan fingerprint density at radius 3 is 2.30 bits per heavy atom. The lowest BCUT2D eigenvalue weighted by molar-refractivity contribution is 0.314. The number of hydrogen-bond donors (Lipinski definition) is 2. The predicted molar refractivity (Wildman–Crippen MR) is 43.9 cm³/mol. The lowest BCUT2D eigenvalue weighted by Gasteiger charge is -2.31. The molecule has 1 heterocycles. The van der Waals surface area contributed by atoms with Crippen molar-refractivity contribution in [2.75, 3.05) is 6.54 Å². The zero-order chi connectivity index (χ0) is 7.61. The van der Waals surface area contributed by atoms with Gasteiger partial charge in [0.2, 0.25) is 0 Å². The van der Waals surface area contributed by atoms with E-state index in [1.165, 1.54) is 0 Å². The summed E-state index contributed by atoms with van der Waals surface area (Å²) < 4.78 is 0. The molecule has 60 valence electrons. The number of nitrogens with one attached hydrogen (secondary N) is 1. The maximum absolute atomic E-state index is 5.97. The largest absolute Gasteiger partial charge is 0.326 e. The minimum atomic E-state index is 0.264. The first-order valence-corrected chi connectivity index (χ1v) is 4.26. The van der Waals surface area contributed by atoms with Crippen LogP contribution in [0.2, 0.25) is 0 Å². The fourth-order valence-electron chi connectivity index (χ4n) is 1.91. The molecule has 0 spiro atoms. The van der Waals surface area contributed by atoms with Crippen molar-refractivity contribution in [2.24, 2.45) is 5.73 Å². The van der Waals surface area contributed by atoms with Crippen molar-refractivity contribution in [3.05, 3.63) is 0 Å². The van der Waals surface area contributed by atoms with Crippen molar-refractivity contribution >= 4 is 0 Å². The van der Waals surface area contributed by atoms with Crippen LogP contribution in [-0.2, 0) is 0 Å². The monoisotopic (exact) mass is 142 g/mol. The fourth-order valence-corrected chi connectivity index (χ4v) is 1.91. The van der Waals surface area contributed by atoms with Crippen LogP contribution < -0.4 is 11.1 Å². The summed E-state index contributed by atoms with van der Waals surface area (Å²) in [6.45, 7) is 5.52. The second-order valence-corrected chi connectivity index (χ2v) is 3.19. The van der Waals surface area contributed by atoms with Gasteiger partial charge in [0, 0.05) is 11.6 Å². The van der Waals surface area contributed by atoms with Crippen LogP contribution in [-0.4, -0.2) is 18.1 Å². The molecule has 1 unspecified atom stereocenters. The van der Waals surface area contributed by atoms with Crippen molar-refractivity contribution in [2.45, 2.75) is 44.7 Å². The predicted octanol–water partition coefficient (Wildman–Crippen LogP) is 0.866. The topological polar surface area (TPSA) is 38.0 Å². The van der Waals surface area contributed by atoms with Gasteiger partial charge in [0.25, 0.3) is 0 Å². The summed E-state index contributed by atoms with van der Waals surface area (Å²) in [5, 5.41) is 3.49. The van der Waals surface area contributed by atoms with Crippen LogP contribution in [0.15, 0.2) is 0 Å². The maximum atomic E-state index is 5.97. The van der Waals surface area contributed by atoms with E-state index in [4.69, 9.17) is 5.73 Å². The molecular weight excluding hydrogens is 124 g/mol. The third-order valence-electron chi connectivity index (χ3n) is 2.90. The van der Waals surface area contributed by atoms with E-state index in [2.05, 4.69) is 19.2 Å². The van der Waals surface area contributed by atoms with Gasteiger partial charge in [-0.15, -0.1) is 0 Å². The molecule has 0 bridgehead atoms. The minimum Gasteiger partial charge on any atom is -0.326 e. The van der Waals surface area contributed by atoms with Gasteiger partial charge in [0.15, 0.2) is 0 Å². The van der Waals surface area contributed by atoms with Gasteiger partial charge >= 0.3 is 0 Å². The zero-order valence-electron chi connectivity index (χ0n) is 6.98. The summed E-state index contributed by atoms with van der Waals surface area (Å²) in [5.74, 6) is 0. The molecule has 0 saturated carbocycles. The highest BCUT2D eigenvalue weighted by molar-refractivity contribution is 5.00. The van der Waals surface area contributed by atoms with Crippen molar-refractivity contribution in [3.63, 3.8) is 0 Å². The van der Waals surface area contributed by atoms with Crippen LogP contribution in [0.1, 0.15) is 33.1 Å². The molecule has 0 amide bonds. The quantitative estimate of drug-likeness (QED) is 0.600. The molecule has 1 rings (SSSR count). The van der Waals surface area contributed by atoms with Crippen molar-refractivity contribution in [3.8, 4) is 0 Å². The Morgan fingerprint density at radius 1 is 1.50 bits per heavy atom. The van der Waals surface area contributed by atoms with Gasteiger partial charge in [0.05, 0.1) is 0 Å². The Labute approximate surface area is 63.2 Å². The minimum absolute atomic E-state index is 0.264. The Morgan fingerprint density at radius 2 is 2.10 bits per heavy atom. The average Bonchev–Trinajstić information content (AvgIpc) is 2.32. The van der Waals surface area contributed by atoms with Crippen LogP contribution >= 0.6 is 0 Å². The molecule has 2 heteroatoms. The van der Waals surface area contributed by atoms with Gasteiger partial charge in [-0.3, -0.25) is 0 Å². The first kappa shape index (κ1) is 8.02. The number of rotatable bonds is 2. The van der Waals surface area contributed by atoms with Crippen LogP contribution in [0.3, 0.4) is 0 Å². The molecule has 0 aliphatic carbocycles. The molecule has 1 saturated heterocycles. The van der Waals surface area contributed by atoms with Crippen molar-refractivity contribution in [1.82, 2.24) is 5.32 Å². The molecule has 1 aliphatic rings. The van der Waals surface area contributed by atoms with Gasteiger partial charge in [-0.2, -0.15) is 0 Å². The third kappa shape index (κ3) is 1.06. The van der Waals surface area contributed by atoms with Crippen LogP contribution in [0, 0.1) is 0 Å². The first-order chi connectivity index (χ1) is 4.75. The molecule has 1 aliphatic heterocycles. The molecule has 10 heavy (non-hydrogen) atoms. The van der Waals surface area contributed by atoms with E-state index in [0.717, 1.165) is 25.8 Å². The fraction of sp³-hybridized carbons (Fsp3) is 1.00. The van der Waals surface area contributed by atoms with Crippen LogP contribution in [0.4, 0.5) is 0 Å². The van der Waals surface area contributed by atoms with Crippen molar-refractivity contribution in [1.29, 1.82) is 0 Å². The van der Waals surface area contributed by atoms with Crippen LogP contribution in [0.5, 0.6) is 0 Å².